The number of methoxy groups -OCH3 is 2. The van der Waals surface area contributed by atoms with Crippen LogP contribution >= 0.6 is 11.6 Å². The van der Waals surface area contributed by atoms with Crippen LogP contribution < -0.4 is 4.74 Å². The second-order valence-electron chi connectivity index (χ2n) is 7.60. The predicted octanol–water partition coefficient (Wildman–Crippen LogP) is 4.33. The van der Waals surface area contributed by atoms with Gasteiger partial charge in [-0.25, -0.2) is 0 Å². The van der Waals surface area contributed by atoms with E-state index in [0.29, 0.717) is 40.3 Å². The number of rotatable bonds is 4. The molecule has 1 saturated carbocycles. The van der Waals surface area contributed by atoms with E-state index in [1.807, 2.05) is 11.2 Å². The molecule has 1 aliphatic carbocycles. The van der Waals surface area contributed by atoms with E-state index in [-0.39, 0.29) is 18.4 Å². The Morgan fingerprint density at radius 1 is 1.39 bits per heavy atom. The number of amides is 1. The van der Waals surface area contributed by atoms with Crippen LogP contribution in [0.4, 0.5) is 0 Å². The van der Waals surface area contributed by atoms with Crippen LogP contribution in [0.1, 0.15) is 43.7 Å². The first-order valence-electron chi connectivity index (χ1n) is 9.78. The average Bonchev–Trinajstić information content (AvgIpc) is 2.70. The Morgan fingerprint density at radius 2 is 2.18 bits per heavy atom. The number of carbonyl (C=O) groups is 1. The summed E-state index contributed by atoms with van der Waals surface area (Å²) >= 11 is 6.41. The molecule has 3 atom stereocenters. The summed E-state index contributed by atoms with van der Waals surface area (Å²) < 4.78 is 10.5. The van der Waals surface area contributed by atoms with Crippen molar-refractivity contribution in [2.45, 2.75) is 45.1 Å². The minimum Gasteiger partial charge on any atom is -0.504 e. The standard InChI is InChI=1S/C22H27ClN2O3/c1-14-17-6-4-5-16(13-27-2)18(17)9-10-25(14)21(26)11-19-15(12-24)7-8-20(28-3)22(19)23/h7-8,13-14,17-18H,4-6,9-11H2,1-3H3/t14-,17+,18-/m0/s1. The molecule has 0 radical (unpaired) electrons. The predicted molar refractivity (Wildman–Crippen MR) is 108 cm³/mol. The molecule has 2 fully saturated rings. The third-order valence-electron chi connectivity index (χ3n) is 6.25. The number of ether oxygens (including phenoxy) is 2. The molecular weight excluding hydrogens is 376 g/mol. The lowest BCUT2D eigenvalue weighted by molar-refractivity contribution is -0.136. The molecule has 0 N–H and O–H groups in total. The van der Waals surface area contributed by atoms with Gasteiger partial charge in [0.1, 0.15) is 5.75 Å². The first-order chi connectivity index (χ1) is 13.5. The lowest BCUT2D eigenvalue weighted by Gasteiger charge is -2.47. The van der Waals surface area contributed by atoms with Crippen LogP contribution in [-0.2, 0) is 16.0 Å². The van der Waals surface area contributed by atoms with Crippen molar-refractivity contribution in [3.63, 3.8) is 0 Å². The number of allylic oxidation sites excluding steroid dienone is 1. The summed E-state index contributed by atoms with van der Waals surface area (Å²) in [5, 5.41) is 9.77. The summed E-state index contributed by atoms with van der Waals surface area (Å²) in [5.74, 6) is 1.43. The van der Waals surface area contributed by atoms with E-state index in [1.54, 1.807) is 19.2 Å². The molecule has 0 aromatic heterocycles. The molecule has 1 amide bonds. The number of halogens is 1. The first-order valence-corrected chi connectivity index (χ1v) is 10.2. The van der Waals surface area contributed by atoms with Crippen molar-refractivity contribution in [3.8, 4) is 11.8 Å². The molecule has 0 bridgehead atoms. The number of likely N-dealkylation sites (tertiary alicyclic amines) is 1. The highest BCUT2D eigenvalue weighted by molar-refractivity contribution is 6.33. The van der Waals surface area contributed by atoms with Crippen molar-refractivity contribution in [1.29, 1.82) is 5.26 Å². The number of hydrogen-bond donors (Lipinski definition) is 0. The van der Waals surface area contributed by atoms with Gasteiger partial charge in [0.15, 0.2) is 0 Å². The van der Waals surface area contributed by atoms with Gasteiger partial charge in [0, 0.05) is 18.2 Å². The molecule has 150 valence electrons. The Balaban J connectivity index is 1.80. The van der Waals surface area contributed by atoms with E-state index in [1.165, 1.54) is 12.7 Å². The van der Waals surface area contributed by atoms with Gasteiger partial charge in [0.25, 0.3) is 0 Å². The molecule has 6 heteroatoms. The number of carbonyl (C=O) groups excluding carboxylic acids is 1. The lowest BCUT2D eigenvalue weighted by atomic mass is 9.69. The van der Waals surface area contributed by atoms with E-state index >= 15 is 0 Å². The van der Waals surface area contributed by atoms with Gasteiger partial charge in [-0.05, 0) is 62.1 Å². The highest BCUT2D eigenvalue weighted by Gasteiger charge is 2.40. The van der Waals surface area contributed by atoms with Crippen LogP contribution in [0, 0.1) is 23.2 Å². The van der Waals surface area contributed by atoms with Crippen molar-refractivity contribution in [2.24, 2.45) is 11.8 Å². The Kier molecular flexibility index (Phi) is 6.51. The number of hydrogen-bond acceptors (Lipinski definition) is 4. The van der Waals surface area contributed by atoms with E-state index in [2.05, 4.69) is 13.0 Å². The maximum Gasteiger partial charge on any atom is 0.227 e. The average molecular weight is 403 g/mol. The van der Waals surface area contributed by atoms with E-state index < -0.39 is 0 Å². The van der Waals surface area contributed by atoms with E-state index in [9.17, 15) is 10.1 Å². The monoisotopic (exact) mass is 402 g/mol. The van der Waals surface area contributed by atoms with Gasteiger partial charge in [-0.1, -0.05) is 11.6 Å². The third-order valence-corrected chi connectivity index (χ3v) is 6.67. The molecule has 1 aliphatic heterocycles. The fourth-order valence-corrected chi connectivity index (χ4v) is 5.14. The molecule has 3 rings (SSSR count). The zero-order valence-corrected chi connectivity index (χ0v) is 17.5. The Hall–Kier alpha value is -2.19. The molecule has 1 aromatic carbocycles. The number of benzene rings is 1. The molecule has 2 aliphatic rings. The summed E-state index contributed by atoms with van der Waals surface area (Å²) in [7, 11) is 3.23. The highest BCUT2D eigenvalue weighted by Crippen LogP contribution is 2.43. The Labute approximate surface area is 171 Å². The van der Waals surface area contributed by atoms with Gasteiger partial charge >= 0.3 is 0 Å². The maximum atomic E-state index is 13.2. The van der Waals surface area contributed by atoms with Gasteiger partial charge < -0.3 is 14.4 Å². The molecule has 1 heterocycles. The van der Waals surface area contributed by atoms with Crippen LogP contribution in [0.2, 0.25) is 5.02 Å². The largest absolute Gasteiger partial charge is 0.504 e. The van der Waals surface area contributed by atoms with Gasteiger partial charge in [0.05, 0.1) is 43.6 Å². The smallest absolute Gasteiger partial charge is 0.227 e. The lowest BCUT2D eigenvalue weighted by Crippen LogP contribution is -2.52. The zero-order chi connectivity index (χ0) is 20.3. The van der Waals surface area contributed by atoms with Gasteiger partial charge in [0.2, 0.25) is 5.91 Å². The topological polar surface area (TPSA) is 62.6 Å². The maximum absolute atomic E-state index is 13.2. The second-order valence-corrected chi connectivity index (χ2v) is 7.98. The van der Waals surface area contributed by atoms with Crippen LogP contribution in [-0.4, -0.2) is 37.6 Å². The molecule has 5 nitrogen and oxygen atoms in total. The summed E-state index contributed by atoms with van der Waals surface area (Å²) in [6.07, 6.45) is 6.30. The van der Waals surface area contributed by atoms with Crippen LogP contribution in [0.25, 0.3) is 0 Å². The zero-order valence-electron chi connectivity index (χ0n) is 16.7. The SMILES string of the molecule is COC=C1CCC[C@H]2[C@H]1CCN(C(=O)Cc1c(C#N)ccc(OC)c1Cl)[C@H]2C. The fourth-order valence-electron chi connectivity index (χ4n) is 4.83. The van der Waals surface area contributed by atoms with E-state index in [4.69, 9.17) is 21.1 Å². The normalized spacial score (nSPS) is 25.8. The number of fused-ring (bicyclic) bond motifs is 1. The quantitative estimate of drug-likeness (QED) is 0.703. The molecular formula is C22H27ClN2O3. The minimum atomic E-state index is 0.0143. The van der Waals surface area contributed by atoms with Crippen molar-refractivity contribution in [2.75, 3.05) is 20.8 Å². The van der Waals surface area contributed by atoms with Crippen molar-refractivity contribution < 1.29 is 14.3 Å². The number of nitrogens with zero attached hydrogens (tertiary/aromatic N) is 2. The molecule has 0 spiro atoms. The molecule has 0 unspecified atom stereocenters. The Bertz CT molecular complexity index is 815. The van der Waals surface area contributed by atoms with Gasteiger partial charge in [-0.2, -0.15) is 5.26 Å². The van der Waals surface area contributed by atoms with Gasteiger partial charge in [-0.3, -0.25) is 4.79 Å². The van der Waals surface area contributed by atoms with E-state index in [0.717, 1.165) is 25.7 Å². The number of piperidine rings is 1. The second kappa shape index (κ2) is 8.87. The Morgan fingerprint density at radius 3 is 2.86 bits per heavy atom. The van der Waals surface area contributed by atoms with Crippen molar-refractivity contribution in [3.05, 3.63) is 40.1 Å². The highest BCUT2D eigenvalue weighted by atomic mass is 35.5. The summed E-state index contributed by atoms with van der Waals surface area (Å²) in [6, 6.07) is 5.61. The summed E-state index contributed by atoms with van der Waals surface area (Å²) in [6.45, 7) is 2.86. The van der Waals surface area contributed by atoms with Gasteiger partial charge in [-0.15, -0.1) is 0 Å². The molecule has 1 aromatic rings. The number of nitriles is 1. The van der Waals surface area contributed by atoms with Crippen LogP contribution in [0.15, 0.2) is 24.0 Å². The minimum absolute atomic E-state index is 0.0143. The van der Waals surface area contributed by atoms with Crippen LogP contribution in [0.5, 0.6) is 5.75 Å². The van der Waals surface area contributed by atoms with Crippen molar-refractivity contribution in [1.82, 2.24) is 4.90 Å². The third kappa shape index (κ3) is 3.84. The van der Waals surface area contributed by atoms with Crippen LogP contribution in [0.3, 0.4) is 0 Å². The first kappa shape index (κ1) is 20.5. The summed E-state index contributed by atoms with van der Waals surface area (Å²) in [5.41, 5.74) is 2.34. The molecule has 28 heavy (non-hydrogen) atoms. The van der Waals surface area contributed by atoms with Crippen molar-refractivity contribution >= 4 is 17.5 Å². The molecule has 1 saturated heterocycles. The fraction of sp³-hybridized carbons (Fsp3) is 0.545. The summed E-state index contributed by atoms with van der Waals surface area (Å²) in [4.78, 5) is 15.1.